The lowest BCUT2D eigenvalue weighted by atomic mass is 9.80. The lowest BCUT2D eigenvalue weighted by Crippen LogP contribution is -2.28. The minimum Gasteiger partial charge on any atom is -0.449 e. The van der Waals surface area contributed by atoms with E-state index in [-0.39, 0.29) is 23.9 Å². The zero-order valence-corrected chi connectivity index (χ0v) is 20.1. The van der Waals surface area contributed by atoms with Gasteiger partial charge in [0.2, 0.25) is 5.91 Å². The molecule has 1 rings (SSSR count). The summed E-state index contributed by atoms with van der Waals surface area (Å²) in [7, 11) is 0. The molecule has 32 heavy (non-hydrogen) atoms. The van der Waals surface area contributed by atoms with Crippen LogP contribution in [0.4, 0.5) is 4.79 Å². The lowest BCUT2D eigenvalue weighted by molar-refractivity contribution is -0.118. The van der Waals surface area contributed by atoms with Gasteiger partial charge in [-0.2, -0.15) is 0 Å². The highest BCUT2D eigenvalue weighted by molar-refractivity contribution is 5.90. The van der Waals surface area contributed by atoms with E-state index in [0.29, 0.717) is 19.3 Å². The Morgan fingerprint density at radius 1 is 1.16 bits per heavy atom. The molecule has 0 radical (unpaired) electrons. The van der Waals surface area contributed by atoms with Gasteiger partial charge >= 0.3 is 6.09 Å². The highest BCUT2D eigenvalue weighted by Crippen LogP contribution is 2.37. The monoisotopic (exact) mass is 453 g/mol. The SMILES string of the molecule is CCCCC(C)(C)[C@H](O)C=C[C@@H]1[C@@H](CC=CCCCCOC(=O)NC(C)=O)[C@@H](O)C[C@H]1O. The molecule has 1 fully saturated rings. The smallest absolute Gasteiger partial charge is 0.413 e. The van der Waals surface area contributed by atoms with Crippen LogP contribution < -0.4 is 5.32 Å². The van der Waals surface area contributed by atoms with E-state index in [1.165, 1.54) is 6.92 Å². The molecule has 1 saturated carbocycles. The van der Waals surface area contributed by atoms with E-state index in [1.54, 1.807) is 6.08 Å². The highest BCUT2D eigenvalue weighted by Gasteiger charge is 2.39. The van der Waals surface area contributed by atoms with E-state index < -0.39 is 30.3 Å². The van der Waals surface area contributed by atoms with Crippen molar-refractivity contribution >= 4 is 12.0 Å². The number of ether oxygens (including phenoxy) is 1. The molecule has 184 valence electrons. The zero-order chi connectivity index (χ0) is 24.1. The average Bonchev–Trinajstić information content (AvgIpc) is 2.98. The summed E-state index contributed by atoms with van der Waals surface area (Å²) in [6.07, 6.45) is 11.7. The summed E-state index contributed by atoms with van der Waals surface area (Å²) in [5, 5.41) is 33.4. The van der Waals surface area contributed by atoms with Crippen LogP contribution in [0.3, 0.4) is 0 Å². The molecule has 0 aromatic rings. The molecule has 0 aromatic heterocycles. The Morgan fingerprint density at radius 2 is 1.88 bits per heavy atom. The fourth-order valence-electron chi connectivity index (χ4n) is 4.06. The molecule has 0 unspecified atom stereocenters. The molecule has 0 saturated heterocycles. The molecule has 1 aliphatic carbocycles. The second-order valence-corrected chi connectivity index (χ2v) is 9.55. The molecule has 4 N–H and O–H groups in total. The average molecular weight is 454 g/mol. The van der Waals surface area contributed by atoms with Crippen LogP contribution in [0.2, 0.25) is 0 Å². The third-order valence-corrected chi connectivity index (χ3v) is 6.26. The Bertz CT molecular complexity index is 630. The maximum atomic E-state index is 11.2. The number of imide groups is 1. The van der Waals surface area contributed by atoms with Crippen molar-refractivity contribution in [2.24, 2.45) is 17.3 Å². The Balaban J connectivity index is 2.44. The van der Waals surface area contributed by atoms with Gasteiger partial charge in [0.15, 0.2) is 0 Å². The second-order valence-electron chi connectivity index (χ2n) is 9.55. The Hall–Kier alpha value is -1.70. The van der Waals surface area contributed by atoms with Crippen molar-refractivity contribution in [3.8, 4) is 0 Å². The molecule has 7 heteroatoms. The fourth-order valence-corrected chi connectivity index (χ4v) is 4.06. The molecule has 2 amide bonds. The summed E-state index contributed by atoms with van der Waals surface area (Å²) in [5.41, 5.74) is -0.222. The van der Waals surface area contributed by atoms with Crippen LogP contribution in [0.1, 0.15) is 79.1 Å². The first-order valence-corrected chi connectivity index (χ1v) is 11.9. The predicted molar refractivity (Wildman–Crippen MR) is 125 cm³/mol. The minimum absolute atomic E-state index is 0.0814. The van der Waals surface area contributed by atoms with Gasteiger partial charge in [0, 0.05) is 19.3 Å². The van der Waals surface area contributed by atoms with E-state index >= 15 is 0 Å². The van der Waals surface area contributed by atoms with Gasteiger partial charge in [-0.05, 0) is 43.4 Å². The van der Waals surface area contributed by atoms with Crippen LogP contribution in [-0.4, -0.2) is 52.2 Å². The number of aliphatic hydroxyl groups excluding tert-OH is 3. The summed E-state index contributed by atoms with van der Waals surface area (Å²) in [6, 6.07) is 0. The molecule has 1 aliphatic rings. The topological polar surface area (TPSA) is 116 Å². The van der Waals surface area contributed by atoms with Crippen LogP contribution in [-0.2, 0) is 9.53 Å². The molecule has 5 atom stereocenters. The number of carbonyl (C=O) groups excluding carboxylic acids is 2. The number of nitrogens with one attached hydrogen (secondary N) is 1. The van der Waals surface area contributed by atoms with Gasteiger partial charge in [-0.1, -0.05) is 57.9 Å². The van der Waals surface area contributed by atoms with E-state index in [2.05, 4.69) is 26.1 Å². The van der Waals surface area contributed by atoms with Gasteiger partial charge in [-0.15, -0.1) is 0 Å². The Kier molecular flexibility index (Phi) is 12.8. The molecule has 0 aliphatic heterocycles. The first kappa shape index (κ1) is 28.3. The Labute approximate surface area is 192 Å². The van der Waals surface area contributed by atoms with Crippen LogP contribution in [0, 0.1) is 17.3 Å². The largest absolute Gasteiger partial charge is 0.449 e. The number of rotatable bonds is 13. The van der Waals surface area contributed by atoms with Gasteiger partial charge in [-0.25, -0.2) is 4.79 Å². The number of hydrogen-bond acceptors (Lipinski definition) is 6. The van der Waals surface area contributed by atoms with Gasteiger partial charge in [0.1, 0.15) is 0 Å². The summed E-state index contributed by atoms with van der Waals surface area (Å²) in [4.78, 5) is 21.9. The third kappa shape index (κ3) is 10.3. The first-order chi connectivity index (χ1) is 15.1. The van der Waals surface area contributed by atoms with Crippen molar-refractivity contribution < 1.29 is 29.6 Å². The van der Waals surface area contributed by atoms with Crippen LogP contribution in [0.25, 0.3) is 0 Å². The van der Waals surface area contributed by atoms with Crippen molar-refractivity contribution in [2.45, 2.75) is 97.4 Å². The van der Waals surface area contributed by atoms with E-state index in [0.717, 1.165) is 32.1 Å². The van der Waals surface area contributed by atoms with Gasteiger partial charge in [0.05, 0.1) is 24.9 Å². The van der Waals surface area contributed by atoms with Gasteiger partial charge in [0.25, 0.3) is 0 Å². The van der Waals surface area contributed by atoms with Crippen molar-refractivity contribution in [1.82, 2.24) is 5.32 Å². The highest BCUT2D eigenvalue weighted by atomic mass is 16.5. The molecular weight excluding hydrogens is 410 g/mol. The van der Waals surface area contributed by atoms with Gasteiger partial charge < -0.3 is 20.1 Å². The maximum Gasteiger partial charge on any atom is 0.413 e. The number of allylic oxidation sites excluding steroid dienone is 2. The molecular formula is C25H43NO6. The minimum atomic E-state index is -0.722. The van der Waals surface area contributed by atoms with E-state index in [1.807, 2.05) is 18.2 Å². The Morgan fingerprint density at radius 3 is 2.53 bits per heavy atom. The quantitative estimate of drug-likeness (QED) is 0.248. The van der Waals surface area contributed by atoms with Crippen LogP contribution in [0.5, 0.6) is 0 Å². The zero-order valence-electron chi connectivity index (χ0n) is 20.1. The van der Waals surface area contributed by atoms with E-state index in [4.69, 9.17) is 4.74 Å². The van der Waals surface area contributed by atoms with Crippen LogP contribution >= 0.6 is 0 Å². The van der Waals surface area contributed by atoms with Crippen molar-refractivity contribution in [3.05, 3.63) is 24.3 Å². The molecule has 0 aromatic carbocycles. The number of aliphatic hydroxyl groups is 3. The standard InChI is InChI=1S/C25H43NO6/c1-5-6-15-25(3,4)23(30)14-13-20-19(21(28)17-22(20)29)12-10-8-7-9-11-16-32-24(31)26-18(2)27/h8,10,13-14,19-23,28-30H,5-7,9,11-12,15-17H2,1-4H3,(H,26,27,31)/t19-,20-,21+,22-,23-/m1/s1. The summed E-state index contributed by atoms with van der Waals surface area (Å²) in [5.74, 6) is -0.707. The second kappa shape index (κ2) is 14.4. The fraction of sp³-hybridized carbons (Fsp3) is 0.760. The molecule has 0 bridgehead atoms. The molecule has 7 nitrogen and oxygen atoms in total. The van der Waals surface area contributed by atoms with Crippen molar-refractivity contribution in [1.29, 1.82) is 0 Å². The number of alkyl carbamates (subject to hydrolysis) is 1. The van der Waals surface area contributed by atoms with Crippen molar-refractivity contribution in [2.75, 3.05) is 6.61 Å². The predicted octanol–water partition coefficient (Wildman–Crippen LogP) is 3.87. The van der Waals surface area contributed by atoms with E-state index in [9.17, 15) is 24.9 Å². The number of hydrogen-bond donors (Lipinski definition) is 4. The van der Waals surface area contributed by atoms with Gasteiger partial charge in [-0.3, -0.25) is 10.1 Å². The number of unbranched alkanes of at least 4 members (excludes halogenated alkanes) is 3. The molecule has 0 heterocycles. The maximum absolute atomic E-state index is 11.2. The normalized spacial score (nSPS) is 24.8. The number of carbonyl (C=O) groups is 2. The number of amides is 2. The summed E-state index contributed by atoms with van der Waals surface area (Å²) in [6.45, 7) is 7.75. The van der Waals surface area contributed by atoms with Crippen LogP contribution in [0.15, 0.2) is 24.3 Å². The third-order valence-electron chi connectivity index (χ3n) is 6.26. The summed E-state index contributed by atoms with van der Waals surface area (Å²) < 4.78 is 4.89. The summed E-state index contributed by atoms with van der Waals surface area (Å²) >= 11 is 0. The van der Waals surface area contributed by atoms with Crippen molar-refractivity contribution in [3.63, 3.8) is 0 Å². The lowest BCUT2D eigenvalue weighted by Gasteiger charge is -2.29. The molecule has 0 spiro atoms. The first-order valence-electron chi connectivity index (χ1n) is 11.9.